The molecule has 2 amide bonds. The number of hydrogen-bond acceptors (Lipinski definition) is 6. The number of aryl methyl sites for hydroxylation is 3. The van der Waals surface area contributed by atoms with E-state index in [1.54, 1.807) is 55.4 Å². The Labute approximate surface area is 200 Å². The van der Waals surface area contributed by atoms with Crippen LogP contribution in [0.1, 0.15) is 32.2 Å². The topological polar surface area (TPSA) is 121 Å². The van der Waals surface area contributed by atoms with Crippen molar-refractivity contribution < 1.29 is 14.3 Å². The molecule has 3 aromatic heterocycles. The monoisotopic (exact) mass is 482 g/mol. The summed E-state index contributed by atoms with van der Waals surface area (Å²) in [6, 6.07) is 6.87. The summed E-state index contributed by atoms with van der Waals surface area (Å²) in [5, 5.41) is 18.6. The molecule has 0 atom stereocenters. The molecule has 0 saturated heterocycles. The molecule has 0 aliphatic carbocycles. The summed E-state index contributed by atoms with van der Waals surface area (Å²) in [5.41, 5.74) is 2.87. The van der Waals surface area contributed by atoms with Gasteiger partial charge in [0.1, 0.15) is 11.4 Å². The Balaban J connectivity index is 1.43. The van der Waals surface area contributed by atoms with E-state index in [9.17, 15) is 9.59 Å². The smallest absolute Gasteiger partial charge is 0.276 e. The van der Waals surface area contributed by atoms with E-state index in [1.165, 1.54) is 15.6 Å². The lowest BCUT2D eigenvalue weighted by molar-refractivity contribution is 0.101. The summed E-state index contributed by atoms with van der Waals surface area (Å²) in [6.07, 6.45) is 4.59. The summed E-state index contributed by atoms with van der Waals surface area (Å²) in [5.74, 6) is -0.245. The highest BCUT2D eigenvalue weighted by Gasteiger charge is 2.21. The normalized spacial score (nSPS) is 10.9. The molecular formula is C22H23ClN8O3. The van der Waals surface area contributed by atoms with Gasteiger partial charge < -0.3 is 15.4 Å². The molecule has 0 aliphatic rings. The molecule has 2 N–H and O–H groups in total. The average molecular weight is 483 g/mol. The Morgan fingerprint density at radius 3 is 2.41 bits per heavy atom. The third-order valence-electron chi connectivity index (χ3n) is 5.25. The second-order valence-corrected chi connectivity index (χ2v) is 8.07. The van der Waals surface area contributed by atoms with Gasteiger partial charge in [0, 0.05) is 25.3 Å². The highest BCUT2D eigenvalue weighted by molar-refractivity contribution is 6.30. The molecule has 1 aromatic carbocycles. The third-order valence-corrected chi connectivity index (χ3v) is 5.48. The van der Waals surface area contributed by atoms with Crippen molar-refractivity contribution in [2.75, 3.05) is 10.6 Å². The molecule has 0 bridgehead atoms. The minimum absolute atomic E-state index is 0.112. The van der Waals surface area contributed by atoms with E-state index in [0.717, 1.165) is 11.3 Å². The second-order valence-electron chi connectivity index (χ2n) is 7.63. The van der Waals surface area contributed by atoms with E-state index >= 15 is 0 Å². The molecular weight excluding hydrogens is 460 g/mol. The van der Waals surface area contributed by atoms with Crippen LogP contribution in [0.25, 0.3) is 0 Å². The molecule has 0 fully saturated rings. The standard InChI is InChI=1S/C22H23ClN8O3/c1-13-9-15(23)5-6-19(13)34-12-31-8-7-16(28-31)21(32)27-18-11-25-30(4)20(18)22(33)26-17-10-24-29(3)14(17)2/h5-11H,12H2,1-4H3,(H,26,33)(H,27,32). The number of nitrogens with one attached hydrogen (secondary N) is 2. The van der Waals surface area contributed by atoms with Gasteiger partial charge in [-0.2, -0.15) is 15.3 Å². The maximum atomic E-state index is 12.9. The number of ether oxygens (including phenoxy) is 1. The number of carbonyl (C=O) groups excluding carboxylic acids is 2. The minimum Gasteiger partial charge on any atom is -0.471 e. The number of halogens is 1. The first kappa shape index (κ1) is 23.1. The van der Waals surface area contributed by atoms with Gasteiger partial charge in [0.2, 0.25) is 0 Å². The first-order valence-corrected chi connectivity index (χ1v) is 10.7. The number of aromatic nitrogens is 6. The Bertz CT molecular complexity index is 1370. The highest BCUT2D eigenvalue weighted by atomic mass is 35.5. The van der Waals surface area contributed by atoms with Gasteiger partial charge in [-0.1, -0.05) is 11.6 Å². The van der Waals surface area contributed by atoms with Crippen molar-refractivity contribution in [3.8, 4) is 5.75 Å². The number of nitrogens with zero attached hydrogens (tertiary/aromatic N) is 6. The molecule has 0 radical (unpaired) electrons. The predicted octanol–water partition coefficient (Wildman–Crippen LogP) is 3.16. The zero-order valence-electron chi connectivity index (χ0n) is 19.0. The Kier molecular flexibility index (Phi) is 6.37. The zero-order chi connectivity index (χ0) is 24.4. The summed E-state index contributed by atoms with van der Waals surface area (Å²) >= 11 is 5.97. The maximum Gasteiger partial charge on any atom is 0.276 e. The minimum atomic E-state index is -0.485. The molecule has 3 heterocycles. The maximum absolute atomic E-state index is 12.9. The van der Waals surface area contributed by atoms with Crippen molar-refractivity contribution in [2.45, 2.75) is 20.6 Å². The Morgan fingerprint density at radius 2 is 1.71 bits per heavy atom. The molecule has 0 spiro atoms. The van der Waals surface area contributed by atoms with Crippen LogP contribution in [0, 0.1) is 13.8 Å². The average Bonchev–Trinajstić information content (AvgIpc) is 3.49. The molecule has 12 heteroatoms. The number of carbonyl (C=O) groups is 2. The van der Waals surface area contributed by atoms with Crippen LogP contribution < -0.4 is 15.4 Å². The number of benzene rings is 1. The van der Waals surface area contributed by atoms with Gasteiger partial charge >= 0.3 is 0 Å². The van der Waals surface area contributed by atoms with Crippen LogP contribution in [0.5, 0.6) is 5.75 Å². The van der Waals surface area contributed by atoms with Crippen molar-refractivity contribution in [1.29, 1.82) is 0 Å². The fourth-order valence-electron chi connectivity index (χ4n) is 3.25. The summed E-state index contributed by atoms with van der Waals surface area (Å²) in [6.45, 7) is 3.84. The molecule has 0 saturated carbocycles. The quantitative estimate of drug-likeness (QED) is 0.417. The number of hydrogen-bond donors (Lipinski definition) is 2. The van der Waals surface area contributed by atoms with Gasteiger partial charge in [-0.25, -0.2) is 4.68 Å². The molecule has 4 rings (SSSR count). The van der Waals surface area contributed by atoms with Crippen molar-refractivity contribution >= 4 is 34.8 Å². The highest BCUT2D eigenvalue weighted by Crippen LogP contribution is 2.22. The van der Waals surface area contributed by atoms with E-state index in [2.05, 4.69) is 25.9 Å². The molecule has 11 nitrogen and oxygen atoms in total. The van der Waals surface area contributed by atoms with Crippen LogP contribution in [-0.4, -0.2) is 41.2 Å². The zero-order valence-corrected chi connectivity index (χ0v) is 19.8. The van der Waals surface area contributed by atoms with E-state index in [1.807, 2.05) is 13.8 Å². The second kappa shape index (κ2) is 9.40. The van der Waals surface area contributed by atoms with Crippen LogP contribution in [0.15, 0.2) is 42.9 Å². The van der Waals surface area contributed by atoms with Gasteiger partial charge in [-0.05, 0) is 43.7 Å². The van der Waals surface area contributed by atoms with Crippen molar-refractivity contribution in [2.24, 2.45) is 14.1 Å². The molecule has 0 aliphatic heterocycles. The van der Waals surface area contributed by atoms with Crippen LogP contribution in [-0.2, 0) is 20.8 Å². The van der Waals surface area contributed by atoms with E-state index < -0.39 is 11.8 Å². The lowest BCUT2D eigenvalue weighted by Crippen LogP contribution is -2.21. The Hall–Kier alpha value is -4.12. The fourth-order valence-corrected chi connectivity index (χ4v) is 3.48. The molecule has 0 unspecified atom stereocenters. The lowest BCUT2D eigenvalue weighted by Gasteiger charge is -2.09. The number of rotatable bonds is 7. The van der Waals surface area contributed by atoms with Crippen LogP contribution in [0.2, 0.25) is 5.02 Å². The summed E-state index contributed by atoms with van der Waals surface area (Å²) in [4.78, 5) is 25.6. The van der Waals surface area contributed by atoms with E-state index in [-0.39, 0.29) is 23.8 Å². The van der Waals surface area contributed by atoms with Gasteiger partial charge in [-0.3, -0.25) is 19.0 Å². The van der Waals surface area contributed by atoms with Gasteiger partial charge in [0.05, 0.1) is 29.5 Å². The Morgan fingerprint density at radius 1 is 1.00 bits per heavy atom. The first-order valence-electron chi connectivity index (χ1n) is 10.3. The van der Waals surface area contributed by atoms with E-state index in [0.29, 0.717) is 16.5 Å². The van der Waals surface area contributed by atoms with Gasteiger partial charge in [-0.15, -0.1) is 0 Å². The summed E-state index contributed by atoms with van der Waals surface area (Å²) in [7, 11) is 3.40. The first-order chi connectivity index (χ1) is 16.2. The van der Waals surface area contributed by atoms with Gasteiger partial charge in [0.25, 0.3) is 11.8 Å². The largest absolute Gasteiger partial charge is 0.471 e. The molecule has 176 valence electrons. The third kappa shape index (κ3) is 4.79. The van der Waals surface area contributed by atoms with Crippen molar-refractivity contribution in [1.82, 2.24) is 29.3 Å². The van der Waals surface area contributed by atoms with Crippen LogP contribution in [0.4, 0.5) is 11.4 Å². The number of anilines is 2. The van der Waals surface area contributed by atoms with Gasteiger partial charge in [0.15, 0.2) is 12.4 Å². The van der Waals surface area contributed by atoms with Crippen LogP contribution in [0.3, 0.4) is 0 Å². The van der Waals surface area contributed by atoms with Crippen molar-refractivity contribution in [3.05, 3.63) is 70.5 Å². The fraction of sp³-hybridized carbons (Fsp3) is 0.227. The summed E-state index contributed by atoms with van der Waals surface area (Å²) < 4.78 is 10.3. The predicted molar refractivity (Wildman–Crippen MR) is 126 cm³/mol. The number of amides is 2. The molecule has 4 aromatic rings. The lowest BCUT2D eigenvalue weighted by atomic mass is 10.2. The van der Waals surface area contributed by atoms with Crippen molar-refractivity contribution in [3.63, 3.8) is 0 Å². The molecule has 34 heavy (non-hydrogen) atoms. The SMILES string of the molecule is Cc1cc(Cl)ccc1OCn1ccc(C(=O)Nc2cnn(C)c2C(=O)Nc2cnn(C)c2C)n1. The van der Waals surface area contributed by atoms with Crippen LogP contribution >= 0.6 is 11.6 Å². The van der Waals surface area contributed by atoms with E-state index in [4.69, 9.17) is 16.3 Å².